The van der Waals surface area contributed by atoms with Crippen molar-refractivity contribution in [3.8, 4) is 0 Å². The first-order chi connectivity index (χ1) is 13.8. The van der Waals surface area contributed by atoms with E-state index in [2.05, 4.69) is 19.0 Å². The second-order valence-electron chi connectivity index (χ2n) is 8.92. The molecule has 0 spiro atoms. The molecule has 0 rings (SSSR count). The van der Waals surface area contributed by atoms with E-state index in [1.807, 2.05) is 0 Å². The number of hydrogen-bond donors (Lipinski definition) is 1. The summed E-state index contributed by atoms with van der Waals surface area (Å²) < 4.78 is 0. The Bertz CT molecular complexity index is 314. The molecule has 0 amide bonds. The third-order valence-electron chi connectivity index (χ3n) is 6.06. The predicted octanol–water partition coefficient (Wildman–Crippen LogP) is 8.02. The van der Waals surface area contributed by atoms with Crippen LogP contribution in [0.2, 0.25) is 0 Å². The van der Waals surface area contributed by atoms with E-state index >= 15 is 0 Å². The van der Waals surface area contributed by atoms with Gasteiger partial charge in [-0.2, -0.15) is 0 Å². The van der Waals surface area contributed by atoms with Gasteiger partial charge in [0.25, 0.3) is 0 Å². The summed E-state index contributed by atoms with van der Waals surface area (Å²) in [5.41, 5.74) is 1.05. The second-order valence-corrected chi connectivity index (χ2v) is 8.92. The van der Waals surface area contributed by atoms with Gasteiger partial charge < -0.3 is 5.21 Å². The summed E-state index contributed by atoms with van der Waals surface area (Å²) in [4.78, 5) is 0. The van der Waals surface area contributed by atoms with E-state index in [4.69, 9.17) is 0 Å². The van der Waals surface area contributed by atoms with Crippen LogP contribution in [0.3, 0.4) is 0 Å². The Labute approximate surface area is 178 Å². The van der Waals surface area contributed by atoms with Crippen molar-refractivity contribution in [2.45, 2.75) is 162 Å². The monoisotopic (exact) mass is 395 g/mol. The highest BCUT2D eigenvalue weighted by Crippen LogP contribution is 2.14. The van der Waals surface area contributed by atoms with E-state index in [1.165, 1.54) is 135 Å². The summed E-state index contributed by atoms with van der Waals surface area (Å²) >= 11 is 0. The van der Waals surface area contributed by atoms with Gasteiger partial charge in [-0.3, -0.25) is 0 Å². The molecule has 28 heavy (non-hydrogen) atoms. The Morgan fingerprint density at radius 3 is 0.929 bits per heavy atom. The Hall–Kier alpha value is -0.530. The molecule has 2 heteroatoms. The molecule has 0 heterocycles. The first-order valence-corrected chi connectivity index (χ1v) is 13.1. The molecule has 2 nitrogen and oxygen atoms in total. The fourth-order valence-electron chi connectivity index (χ4n) is 4.06. The highest BCUT2D eigenvalue weighted by Gasteiger charge is 2.04. The average molecular weight is 396 g/mol. The van der Waals surface area contributed by atoms with Gasteiger partial charge in [0.2, 0.25) is 0 Å². The molecule has 0 bridgehead atoms. The minimum Gasteiger partial charge on any atom is -0.625 e. The maximum Gasteiger partial charge on any atom is 0.161 e. The van der Waals surface area contributed by atoms with Gasteiger partial charge in [-0.05, 0) is 12.8 Å². The SMILES string of the molecule is CCCCCCCCCCCCCCCC(CCCCCCCCCC)=[NH+][O-]. The van der Waals surface area contributed by atoms with Crippen LogP contribution in [0, 0.1) is 5.21 Å². The first-order valence-electron chi connectivity index (χ1n) is 13.1. The maximum atomic E-state index is 11.1. The Balaban J connectivity index is 3.28. The molecule has 0 fully saturated rings. The highest BCUT2D eigenvalue weighted by molar-refractivity contribution is 5.78. The van der Waals surface area contributed by atoms with Crippen LogP contribution in [-0.2, 0) is 0 Å². The van der Waals surface area contributed by atoms with E-state index in [0.29, 0.717) is 0 Å². The molecule has 168 valence electrons. The van der Waals surface area contributed by atoms with Gasteiger partial charge >= 0.3 is 0 Å². The zero-order valence-corrected chi connectivity index (χ0v) is 19.7. The number of nitrogens with one attached hydrogen (secondary N) is 1. The lowest BCUT2D eigenvalue weighted by molar-refractivity contribution is -0.376. The number of hydrogen-bond acceptors (Lipinski definition) is 1. The van der Waals surface area contributed by atoms with Crippen LogP contribution < -0.4 is 5.16 Å². The molecule has 0 aromatic carbocycles. The molecule has 0 radical (unpaired) electrons. The molecule has 0 aliphatic carbocycles. The molecule has 0 aliphatic heterocycles. The van der Waals surface area contributed by atoms with Crippen molar-refractivity contribution in [3.63, 3.8) is 0 Å². The average Bonchev–Trinajstić information content (AvgIpc) is 2.71. The van der Waals surface area contributed by atoms with Gasteiger partial charge in [0.1, 0.15) is 0 Å². The Kier molecular flexibility index (Phi) is 24.0. The fourth-order valence-corrected chi connectivity index (χ4v) is 4.06. The van der Waals surface area contributed by atoms with E-state index in [9.17, 15) is 5.21 Å². The van der Waals surface area contributed by atoms with Crippen LogP contribution in [0.15, 0.2) is 0 Å². The van der Waals surface area contributed by atoms with Gasteiger partial charge in [0.15, 0.2) is 5.71 Å². The van der Waals surface area contributed by atoms with Crippen LogP contribution in [0.5, 0.6) is 0 Å². The zero-order chi connectivity index (χ0) is 20.5. The smallest absolute Gasteiger partial charge is 0.161 e. The summed E-state index contributed by atoms with van der Waals surface area (Å²) in [5, 5.41) is 13.4. The molecule has 0 unspecified atom stereocenters. The third-order valence-corrected chi connectivity index (χ3v) is 6.06. The quantitative estimate of drug-likeness (QED) is 0.0808. The molecule has 0 saturated carbocycles. The van der Waals surface area contributed by atoms with Crippen molar-refractivity contribution >= 4 is 5.71 Å². The molecule has 1 N–H and O–H groups in total. The van der Waals surface area contributed by atoms with Crippen LogP contribution >= 0.6 is 0 Å². The van der Waals surface area contributed by atoms with Crippen molar-refractivity contribution in [1.82, 2.24) is 0 Å². The van der Waals surface area contributed by atoms with Crippen LogP contribution in [0.4, 0.5) is 0 Å². The topological polar surface area (TPSA) is 37.0 Å². The molecule has 0 aromatic heterocycles. The van der Waals surface area contributed by atoms with Gasteiger partial charge in [-0.25, -0.2) is 5.16 Å². The standard InChI is InChI=1S/C26H53NO/c1-3-5-7-9-11-13-14-15-16-17-19-21-23-25-26(27-28)24-22-20-18-12-10-8-6-4-2/h27H,3-25H2,1-2H3. The van der Waals surface area contributed by atoms with E-state index in [-0.39, 0.29) is 0 Å². The zero-order valence-electron chi connectivity index (χ0n) is 19.7. The predicted molar refractivity (Wildman–Crippen MR) is 127 cm³/mol. The fraction of sp³-hybridized carbons (Fsp3) is 0.962. The van der Waals surface area contributed by atoms with Crippen LogP contribution in [-0.4, -0.2) is 5.71 Å². The molecule has 0 saturated heterocycles. The van der Waals surface area contributed by atoms with Crippen molar-refractivity contribution in [1.29, 1.82) is 0 Å². The van der Waals surface area contributed by atoms with Gasteiger partial charge in [0, 0.05) is 12.8 Å². The summed E-state index contributed by atoms with van der Waals surface area (Å²) in [6.07, 6.45) is 30.7. The normalized spacial score (nSPS) is 12.0. The van der Waals surface area contributed by atoms with Crippen LogP contribution in [0.25, 0.3) is 0 Å². The van der Waals surface area contributed by atoms with Crippen molar-refractivity contribution in [3.05, 3.63) is 5.21 Å². The van der Waals surface area contributed by atoms with Gasteiger partial charge in [-0.15, -0.1) is 0 Å². The second kappa shape index (κ2) is 24.5. The minimum absolute atomic E-state index is 0.997. The van der Waals surface area contributed by atoms with Crippen molar-refractivity contribution in [2.75, 3.05) is 0 Å². The number of rotatable bonds is 23. The molecule has 0 aromatic rings. The van der Waals surface area contributed by atoms with E-state index in [1.54, 1.807) is 0 Å². The summed E-state index contributed by atoms with van der Waals surface area (Å²) in [5.74, 6) is 0. The van der Waals surface area contributed by atoms with Gasteiger partial charge in [-0.1, -0.05) is 136 Å². The molecular formula is C26H53NO. The molecular weight excluding hydrogens is 342 g/mol. The summed E-state index contributed by atoms with van der Waals surface area (Å²) in [7, 11) is 0. The van der Waals surface area contributed by atoms with Crippen LogP contribution in [0.1, 0.15) is 162 Å². The molecule has 0 aliphatic rings. The highest BCUT2D eigenvalue weighted by atomic mass is 16.4. The summed E-state index contributed by atoms with van der Waals surface area (Å²) in [6.45, 7) is 4.55. The lowest BCUT2D eigenvalue weighted by Gasteiger charge is -2.05. The van der Waals surface area contributed by atoms with Crippen molar-refractivity contribution in [2.24, 2.45) is 0 Å². The Morgan fingerprint density at radius 2 is 0.679 bits per heavy atom. The molecule has 0 atom stereocenters. The van der Waals surface area contributed by atoms with Gasteiger partial charge in [0.05, 0.1) is 0 Å². The third kappa shape index (κ3) is 21.8. The largest absolute Gasteiger partial charge is 0.625 e. The lowest BCUT2D eigenvalue weighted by atomic mass is 10.0. The maximum absolute atomic E-state index is 11.1. The lowest BCUT2D eigenvalue weighted by Crippen LogP contribution is -2.65. The first kappa shape index (κ1) is 27.5. The summed E-state index contributed by atoms with van der Waals surface area (Å²) in [6, 6.07) is 0. The minimum atomic E-state index is 0.997. The van der Waals surface area contributed by atoms with E-state index < -0.39 is 0 Å². The Morgan fingerprint density at radius 1 is 0.429 bits per heavy atom. The van der Waals surface area contributed by atoms with E-state index in [0.717, 1.165) is 18.6 Å². The van der Waals surface area contributed by atoms with Crippen molar-refractivity contribution < 1.29 is 5.16 Å². The number of unbranched alkanes of at least 4 members (excludes halogenated alkanes) is 19.